The quantitative estimate of drug-likeness (QED) is 0.384. The van der Waals surface area contributed by atoms with E-state index in [-0.39, 0.29) is 21.4 Å². The maximum Gasteiger partial charge on any atom is 0.416 e. The summed E-state index contributed by atoms with van der Waals surface area (Å²) in [6.45, 7) is -0.464. The Morgan fingerprint density at radius 1 is 0.972 bits per heavy atom. The summed E-state index contributed by atoms with van der Waals surface area (Å²) in [4.78, 5) is 12.0. The summed E-state index contributed by atoms with van der Waals surface area (Å²) in [7, 11) is -1.36. The Morgan fingerprint density at radius 2 is 1.69 bits per heavy atom. The summed E-state index contributed by atoms with van der Waals surface area (Å²) in [6, 6.07) is 12.0. The molecule has 0 heterocycles. The molecule has 36 heavy (non-hydrogen) atoms. The van der Waals surface area contributed by atoms with Gasteiger partial charge in [-0.2, -0.15) is 13.2 Å². The van der Waals surface area contributed by atoms with E-state index in [1.54, 1.807) is 18.2 Å². The van der Waals surface area contributed by atoms with E-state index in [9.17, 15) is 26.4 Å². The number of methoxy groups -OCH3 is 2. The number of amides is 1. The molecule has 0 aromatic heterocycles. The van der Waals surface area contributed by atoms with Crippen molar-refractivity contribution in [1.82, 2.24) is 0 Å². The van der Waals surface area contributed by atoms with E-state index in [4.69, 9.17) is 25.8 Å². The third kappa shape index (κ3) is 6.73. The molecule has 0 atom stereocenters. The number of benzene rings is 3. The van der Waals surface area contributed by atoms with Crippen molar-refractivity contribution >= 4 is 38.9 Å². The van der Waals surface area contributed by atoms with Crippen LogP contribution in [0, 0.1) is 0 Å². The predicted molar refractivity (Wildman–Crippen MR) is 127 cm³/mol. The average Bonchev–Trinajstić information content (AvgIpc) is 2.82. The van der Waals surface area contributed by atoms with Gasteiger partial charge in [0.2, 0.25) is 0 Å². The molecule has 0 saturated heterocycles. The number of alkyl halides is 3. The molecule has 3 rings (SSSR count). The van der Waals surface area contributed by atoms with Crippen LogP contribution in [0.2, 0.25) is 5.02 Å². The maximum absolute atomic E-state index is 12.9. The third-order valence-electron chi connectivity index (χ3n) is 4.70. The molecule has 0 unspecified atom stereocenters. The molecule has 0 spiro atoms. The highest BCUT2D eigenvalue weighted by Gasteiger charge is 2.30. The predicted octanol–water partition coefficient (Wildman–Crippen LogP) is 5.19. The lowest BCUT2D eigenvalue weighted by molar-refractivity contribution is -0.137. The Kier molecular flexibility index (Phi) is 8.21. The van der Waals surface area contributed by atoms with Gasteiger partial charge in [-0.25, -0.2) is 8.42 Å². The lowest BCUT2D eigenvalue weighted by atomic mass is 10.2. The van der Waals surface area contributed by atoms with Crippen LogP contribution in [0.1, 0.15) is 5.56 Å². The van der Waals surface area contributed by atoms with E-state index in [0.29, 0.717) is 23.3 Å². The second-order valence-corrected chi connectivity index (χ2v) is 9.27. The molecule has 8 nitrogen and oxygen atoms in total. The number of carbonyl (C=O) groups is 1. The normalized spacial score (nSPS) is 11.5. The van der Waals surface area contributed by atoms with E-state index < -0.39 is 34.3 Å². The molecule has 3 aromatic rings. The fraction of sp³-hybridized carbons (Fsp3) is 0.174. The molecule has 192 valence electrons. The van der Waals surface area contributed by atoms with E-state index in [0.717, 1.165) is 24.3 Å². The van der Waals surface area contributed by atoms with Crippen LogP contribution < -0.4 is 24.2 Å². The minimum Gasteiger partial charge on any atom is -0.497 e. The van der Waals surface area contributed by atoms with Crippen molar-refractivity contribution in [1.29, 1.82) is 0 Å². The lowest BCUT2D eigenvalue weighted by Gasteiger charge is -2.14. The van der Waals surface area contributed by atoms with Crippen molar-refractivity contribution in [3.05, 3.63) is 71.2 Å². The topological polar surface area (TPSA) is 103 Å². The molecule has 0 radical (unpaired) electrons. The first-order chi connectivity index (χ1) is 16.9. The molecule has 3 aromatic carbocycles. The van der Waals surface area contributed by atoms with Crippen molar-refractivity contribution < 1.29 is 40.6 Å². The van der Waals surface area contributed by atoms with Gasteiger partial charge in [-0.15, -0.1) is 0 Å². The summed E-state index contributed by atoms with van der Waals surface area (Å²) >= 11 is 6.12. The van der Waals surface area contributed by atoms with Gasteiger partial charge in [0, 0.05) is 11.8 Å². The largest absolute Gasteiger partial charge is 0.497 e. The second kappa shape index (κ2) is 11.0. The molecule has 0 aliphatic carbocycles. The Labute approximate surface area is 210 Å². The third-order valence-corrected chi connectivity index (χ3v) is 6.37. The van der Waals surface area contributed by atoms with Gasteiger partial charge in [-0.1, -0.05) is 17.7 Å². The number of anilines is 2. The van der Waals surface area contributed by atoms with Crippen molar-refractivity contribution in [2.75, 3.05) is 30.9 Å². The molecular formula is C23H20ClF3N2O6S. The number of hydrogen-bond acceptors (Lipinski definition) is 6. The molecule has 0 saturated carbocycles. The van der Waals surface area contributed by atoms with Gasteiger partial charge in [-0.3, -0.25) is 9.52 Å². The minimum absolute atomic E-state index is 0.0162. The summed E-state index contributed by atoms with van der Waals surface area (Å²) in [5.41, 5.74) is -0.932. The number of rotatable bonds is 9. The first kappa shape index (κ1) is 27.0. The molecule has 0 fully saturated rings. The average molecular weight is 545 g/mol. The number of nitrogens with one attached hydrogen (secondary N) is 2. The highest BCUT2D eigenvalue weighted by atomic mass is 35.5. The van der Waals surface area contributed by atoms with Crippen molar-refractivity contribution in [3.63, 3.8) is 0 Å². The van der Waals surface area contributed by atoms with E-state index >= 15 is 0 Å². The molecular weight excluding hydrogens is 525 g/mol. The number of carbonyl (C=O) groups excluding carboxylic acids is 1. The molecule has 0 bridgehead atoms. The van der Waals surface area contributed by atoms with Gasteiger partial charge in [0.15, 0.2) is 6.61 Å². The first-order valence-corrected chi connectivity index (χ1v) is 11.9. The van der Waals surface area contributed by atoms with Gasteiger partial charge >= 0.3 is 6.18 Å². The zero-order valence-corrected chi connectivity index (χ0v) is 20.4. The number of ether oxygens (including phenoxy) is 3. The van der Waals surface area contributed by atoms with Crippen LogP contribution in [0.25, 0.3) is 0 Å². The van der Waals surface area contributed by atoms with Crippen LogP contribution in [-0.4, -0.2) is 35.2 Å². The lowest BCUT2D eigenvalue weighted by Crippen LogP contribution is -2.20. The zero-order chi connectivity index (χ0) is 26.5. The molecule has 13 heteroatoms. The summed E-state index contributed by atoms with van der Waals surface area (Å²) in [5.74, 6) is 0.346. The summed E-state index contributed by atoms with van der Waals surface area (Å²) < 4.78 is 81.7. The number of hydrogen-bond donors (Lipinski definition) is 2. The summed E-state index contributed by atoms with van der Waals surface area (Å²) in [5, 5.41) is 2.48. The number of sulfonamides is 1. The minimum atomic E-state index is -4.63. The fourth-order valence-corrected chi connectivity index (χ4v) is 4.36. The highest BCUT2D eigenvalue weighted by Crippen LogP contribution is 2.33. The van der Waals surface area contributed by atoms with Crippen LogP contribution in [0.3, 0.4) is 0 Å². The van der Waals surface area contributed by atoms with Gasteiger partial charge in [-0.05, 0) is 48.5 Å². The van der Waals surface area contributed by atoms with Crippen LogP contribution in [0.4, 0.5) is 24.5 Å². The van der Waals surface area contributed by atoms with Gasteiger partial charge in [0.25, 0.3) is 15.9 Å². The van der Waals surface area contributed by atoms with E-state index in [2.05, 4.69) is 10.0 Å². The van der Waals surface area contributed by atoms with Crippen molar-refractivity contribution in [2.45, 2.75) is 11.1 Å². The van der Waals surface area contributed by atoms with E-state index in [1.165, 1.54) is 26.4 Å². The first-order valence-electron chi connectivity index (χ1n) is 10.1. The monoisotopic (exact) mass is 544 g/mol. The van der Waals surface area contributed by atoms with Crippen LogP contribution in [0.15, 0.2) is 65.6 Å². The Hall–Kier alpha value is -3.64. The van der Waals surface area contributed by atoms with Crippen LogP contribution in [-0.2, 0) is 21.0 Å². The Bertz CT molecular complexity index is 1370. The Morgan fingerprint density at radius 3 is 2.33 bits per heavy atom. The smallest absolute Gasteiger partial charge is 0.416 e. The fourth-order valence-electron chi connectivity index (χ4n) is 2.98. The molecule has 0 aliphatic heterocycles. The Balaban J connectivity index is 1.68. The van der Waals surface area contributed by atoms with Crippen LogP contribution in [0.5, 0.6) is 17.2 Å². The van der Waals surface area contributed by atoms with Gasteiger partial charge in [0.1, 0.15) is 17.2 Å². The molecule has 1 amide bonds. The van der Waals surface area contributed by atoms with Gasteiger partial charge in [0.05, 0.1) is 35.4 Å². The van der Waals surface area contributed by atoms with Gasteiger partial charge < -0.3 is 19.5 Å². The maximum atomic E-state index is 12.9. The van der Waals surface area contributed by atoms with Crippen molar-refractivity contribution in [2.24, 2.45) is 0 Å². The van der Waals surface area contributed by atoms with Crippen molar-refractivity contribution in [3.8, 4) is 17.2 Å². The highest BCUT2D eigenvalue weighted by molar-refractivity contribution is 7.92. The SMILES string of the molecule is COc1ccc(OC)c(NC(=O)COc2ccc(S(=O)(=O)Nc3cccc(C(F)(F)F)c3)cc2Cl)c1. The molecule has 0 aliphatic rings. The zero-order valence-electron chi connectivity index (χ0n) is 18.9. The molecule has 2 N–H and O–H groups in total. The number of halogens is 4. The summed E-state index contributed by atoms with van der Waals surface area (Å²) in [6.07, 6.45) is -4.63. The second-order valence-electron chi connectivity index (χ2n) is 7.18. The van der Waals surface area contributed by atoms with E-state index in [1.807, 2.05) is 0 Å². The van der Waals surface area contributed by atoms with Crippen LogP contribution >= 0.6 is 11.6 Å². The standard InChI is InChI=1S/C23H20ClF3N2O6S/c1-33-16-6-8-21(34-2)19(11-16)28-22(30)13-35-20-9-7-17(12-18(20)24)36(31,32)29-15-5-3-4-14(10-15)23(25,26)27/h3-12,29H,13H2,1-2H3,(H,28,30).